The molecule has 0 aromatic carbocycles. The molecule has 0 radical (unpaired) electrons. The molecule has 1 N–H and O–H groups in total. The second-order valence-corrected chi connectivity index (χ2v) is 4.15. The van der Waals surface area contributed by atoms with Crippen molar-refractivity contribution in [3.8, 4) is 0 Å². The minimum absolute atomic E-state index is 0.415. The largest absolute Gasteiger partial charge is 0.448 e. The second kappa shape index (κ2) is 4.82. The van der Waals surface area contributed by atoms with Crippen LogP contribution in [0, 0.1) is 0 Å². The van der Waals surface area contributed by atoms with Crippen molar-refractivity contribution in [1.29, 1.82) is 0 Å². The third kappa shape index (κ3) is 5.05. The number of oxazole rings is 1. The van der Waals surface area contributed by atoms with Crippen LogP contribution in [-0.2, 0) is 11.2 Å². The summed E-state index contributed by atoms with van der Waals surface area (Å²) >= 11 is 0. The summed E-state index contributed by atoms with van der Waals surface area (Å²) in [5, 5.41) is 2.63. The zero-order valence-corrected chi connectivity index (χ0v) is 9.24. The molecule has 5 heteroatoms. The van der Waals surface area contributed by atoms with E-state index in [2.05, 4.69) is 10.3 Å². The van der Waals surface area contributed by atoms with Crippen molar-refractivity contribution in [3.05, 3.63) is 18.4 Å². The van der Waals surface area contributed by atoms with E-state index in [1.807, 2.05) is 20.8 Å². The fourth-order valence-electron chi connectivity index (χ4n) is 0.968. The van der Waals surface area contributed by atoms with Crippen LogP contribution in [0.25, 0.3) is 0 Å². The van der Waals surface area contributed by atoms with Gasteiger partial charge in [-0.25, -0.2) is 9.78 Å². The molecule has 1 heterocycles. The third-order valence-corrected chi connectivity index (χ3v) is 1.52. The van der Waals surface area contributed by atoms with Gasteiger partial charge in [0, 0.05) is 13.0 Å². The van der Waals surface area contributed by atoms with E-state index in [9.17, 15) is 4.79 Å². The van der Waals surface area contributed by atoms with E-state index in [4.69, 9.17) is 9.15 Å². The van der Waals surface area contributed by atoms with Crippen molar-refractivity contribution in [2.45, 2.75) is 32.8 Å². The van der Waals surface area contributed by atoms with Crippen LogP contribution in [0.1, 0.15) is 26.5 Å². The summed E-state index contributed by atoms with van der Waals surface area (Å²) in [6, 6.07) is 0. The second-order valence-electron chi connectivity index (χ2n) is 4.15. The first kappa shape index (κ1) is 11.6. The molecule has 0 aliphatic carbocycles. The molecule has 15 heavy (non-hydrogen) atoms. The molecule has 1 amide bonds. The Bertz CT molecular complexity index is 301. The molecular formula is C10H16N2O3. The molecule has 0 saturated carbocycles. The number of hydrogen-bond donors (Lipinski definition) is 1. The quantitative estimate of drug-likeness (QED) is 0.828. The highest BCUT2D eigenvalue weighted by molar-refractivity contribution is 5.67. The minimum Gasteiger partial charge on any atom is -0.448 e. The summed E-state index contributed by atoms with van der Waals surface area (Å²) in [7, 11) is 0. The predicted octanol–water partition coefficient (Wildman–Crippen LogP) is 1.74. The highest BCUT2D eigenvalue weighted by Crippen LogP contribution is 2.06. The van der Waals surface area contributed by atoms with Crippen molar-refractivity contribution in [2.75, 3.05) is 6.54 Å². The predicted molar refractivity (Wildman–Crippen MR) is 54.4 cm³/mol. The van der Waals surface area contributed by atoms with Crippen molar-refractivity contribution in [2.24, 2.45) is 0 Å². The van der Waals surface area contributed by atoms with Crippen molar-refractivity contribution in [1.82, 2.24) is 10.3 Å². The summed E-state index contributed by atoms with van der Waals surface area (Å²) in [6.45, 7) is 5.94. The zero-order chi connectivity index (χ0) is 11.3. The maximum Gasteiger partial charge on any atom is 0.407 e. The van der Waals surface area contributed by atoms with Crippen LogP contribution in [0.15, 0.2) is 17.0 Å². The summed E-state index contributed by atoms with van der Waals surface area (Å²) in [5.74, 6) is 0.742. The van der Waals surface area contributed by atoms with Gasteiger partial charge in [-0.3, -0.25) is 0 Å². The van der Waals surface area contributed by atoms with Gasteiger partial charge in [-0.15, -0.1) is 0 Å². The summed E-state index contributed by atoms with van der Waals surface area (Å²) < 4.78 is 10.1. The molecule has 0 aliphatic heterocycles. The minimum atomic E-state index is -0.462. The van der Waals surface area contributed by atoms with Gasteiger partial charge in [-0.1, -0.05) is 0 Å². The number of rotatable bonds is 3. The SMILES string of the molecule is CC(C)(C)OC(=O)NCCc1cnco1. The Labute approximate surface area is 88.8 Å². The molecule has 0 aliphatic rings. The van der Waals surface area contributed by atoms with Gasteiger partial charge in [0.2, 0.25) is 0 Å². The maximum absolute atomic E-state index is 11.2. The lowest BCUT2D eigenvalue weighted by Gasteiger charge is -2.19. The standard InChI is InChI=1S/C10H16N2O3/c1-10(2,3)15-9(13)12-5-4-8-6-11-7-14-8/h6-7H,4-5H2,1-3H3,(H,12,13). The Hall–Kier alpha value is -1.52. The molecule has 0 bridgehead atoms. The van der Waals surface area contributed by atoms with Crippen molar-refractivity contribution in [3.63, 3.8) is 0 Å². The van der Waals surface area contributed by atoms with Gasteiger partial charge in [0.25, 0.3) is 0 Å². The average molecular weight is 212 g/mol. The molecule has 1 rings (SSSR count). The highest BCUT2D eigenvalue weighted by Gasteiger charge is 2.15. The molecule has 0 atom stereocenters. The van der Waals surface area contributed by atoms with Crippen molar-refractivity contribution < 1.29 is 13.9 Å². The molecule has 0 fully saturated rings. The molecule has 1 aromatic heterocycles. The Morgan fingerprint density at radius 1 is 1.60 bits per heavy atom. The maximum atomic E-state index is 11.2. The van der Waals surface area contributed by atoms with E-state index in [-0.39, 0.29) is 0 Å². The van der Waals surface area contributed by atoms with Crippen LogP contribution in [0.4, 0.5) is 4.79 Å². The number of aromatic nitrogens is 1. The number of alkyl carbamates (subject to hydrolysis) is 1. The molecule has 0 saturated heterocycles. The molecular weight excluding hydrogens is 196 g/mol. The number of nitrogens with zero attached hydrogens (tertiary/aromatic N) is 1. The van der Waals surface area contributed by atoms with Gasteiger partial charge in [-0.2, -0.15) is 0 Å². The lowest BCUT2D eigenvalue weighted by molar-refractivity contribution is 0.0528. The smallest absolute Gasteiger partial charge is 0.407 e. The molecule has 0 spiro atoms. The van der Waals surface area contributed by atoms with Crippen LogP contribution in [0.3, 0.4) is 0 Å². The number of carbonyl (C=O) groups is 1. The van der Waals surface area contributed by atoms with E-state index in [1.165, 1.54) is 6.39 Å². The van der Waals surface area contributed by atoms with Crippen LogP contribution in [0.2, 0.25) is 0 Å². The number of carbonyl (C=O) groups excluding carboxylic acids is 1. The Kier molecular flexibility index (Phi) is 3.71. The molecule has 84 valence electrons. The van der Waals surface area contributed by atoms with E-state index in [0.29, 0.717) is 13.0 Å². The number of ether oxygens (including phenoxy) is 1. The fourth-order valence-corrected chi connectivity index (χ4v) is 0.968. The number of amides is 1. The zero-order valence-electron chi connectivity index (χ0n) is 9.24. The van der Waals surface area contributed by atoms with E-state index in [1.54, 1.807) is 6.20 Å². The first-order valence-corrected chi connectivity index (χ1v) is 4.81. The Morgan fingerprint density at radius 3 is 2.87 bits per heavy atom. The normalized spacial score (nSPS) is 11.1. The van der Waals surface area contributed by atoms with Gasteiger partial charge in [0.15, 0.2) is 6.39 Å². The van der Waals surface area contributed by atoms with Gasteiger partial charge < -0.3 is 14.5 Å². The Balaban J connectivity index is 2.18. The van der Waals surface area contributed by atoms with Gasteiger partial charge in [0.05, 0.1) is 6.20 Å². The monoisotopic (exact) mass is 212 g/mol. The first-order chi connectivity index (χ1) is 6.97. The summed E-state index contributed by atoms with van der Waals surface area (Å²) in [5.41, 5.74) is -0.462. The summed E-state index contributed by atoms with van der Waals surface area (Å²) in [6.07, 6.45) is 3.18. The van der Waals surface area contributed by atoms with Crippen molar-refractivity contribution >= 4 is 6.09 Å². The van der Waals surface area contributed by atoms with Crippen LogP contribution < -0.4 is 5.32 Å². The van der Waals surface area contributed by atoms with Gasteiger partial charge in [0.1, 0.15) is 11.4 Å². The van der Waals surface area contributed by atoms with E-state index in [0.717, 1.165) is 5.76 Å². The van der Waals surface area contributed by atoms with Crippen LogP contribution in [0.5, 0.6) is 0 Å². The topological polar surface area (TPSA) is 64.4 Å². The Morgan fingerprint density at radius 2 is 2.33 bits per heavy atom. The van der Waals surface area contributed by atoms with Crippen LogP contribution >= 0.6 is 0 Å². The van der Waals surface area contributed by atoms with Gasteiger partial charge >= 0.3 is 6.09 Å². The third-order valence-electron chi connectivity index (χ3n) is 1.52. The first-order valence-electron chi connectivity index (χ1n) is 4.81. The highest BCUT2D eigenvalue weighted by atomic mass is 16.6. The van der Waals surface area contributed by atoms with Gasteiger partial charge in [-0.05, 0) is 20.8 Å². The molecule has 0 unspecified atom stereocenters. The molecule has 1 aromatic rings. The van der Waals surface area contributed by atoms with Crippen LogP contribution in [-0.4, -0.2) is 23.2 Å². The van der Waals surface area contributed by atoms with E-state index >= 15 is 0 Å². The fraction of sp³-hybridized carbons (Fsp3) is 0.600. The molecule has 5 nitrogen and oxygen atoms in total. The van der Waals surface area contributed by atoms with E-state index < -0.39 is 11.7 Å². The average Bonchev–Trinajstić information content (AvgIpc) is 2.53. The number of hydrogen-bond acceptors (Lipinski definition) is 4. The lowest BCUT2D eigenvalue weighted by Crippen LogP contribution is -2.33. The lowest BCUT2D eigenvalue weighted by atomic mass is 10.2. The summed E-state index contributed by atoms with van der Waals surface area (Å²) in [4.78, 5) is 15.0. The number of nitrogens with one attached hydrogen (secondary N) is 1.